The van der Waals surface area contributed by atoms with E-state index in [1.807, 2.05) is 6.08 Å². The van der Waals surface area contributed by atoms with Crippen LogP contribution in [0.25, 0.3) is 16.6 Å². The topological polar surface area (TPSA) is 81.1 Å². The zero-order valence-electron chi connectivity index (χ0n) is 17.8. The molecule has 2 aliphatic heterocycles. The maximum absolute atomic E-state index is 14.5. The summed E-state index contributed by atoms with van der Waals surface area (Å²) in [6.45, 7) is 1.36. The SMILES string of the molecule is Cn1c(=O)c(C2=CC3CNCC(C2)O3)cc2c(NCc3cccc(C(F)F)c3F)ncnc21. The van der Waals surface area contributed by atoms with Crippen molar-refractivity contribution in [1.82, 2.24) is 19.9 Å². The highest BCUT2D eigenvalue weighted by atomic mass is 19.3. The van der Waals surface area contributed by atoms with Gasteiger partial charge in [-0.2, -0.15) is 0 Å². The van der Waals surface area contributed by atoms with E-state index >= 15 is 0 Å². The summed E-state index contributed by atoms with van der Waals surface area (Å²) in [6, 6.07) is 5.65. The van der Waals surface area contributed by atoms with Gasteiger partial charge in [0.05, 0.1) is 23.2 Å². The minimum atomic E-state index is -2.90. The first-order valence-electron chi connectivity index (χ1n) is 10.6. The first-order valence-corrected chi connectivity index (χ1v) is 10.6. The number of halogens is 3. The molecule has 0 saturated carbocycles. The standard InChI is InChI=1S/C23H22F3N5O2/c1-31-22-18(7-17(23(31)32)13-5-14-9-27-10-15(6-13)33-14)21(29-11-30-22)28-8-12-3-2-4-16(19(12)24)20(25)26/h2-5,7,11,14-15,20,27H,6,8-10H2,1H3,(H,28,29,30). The lowest BCUT2D eigenvalue weighted by Gasteiger charge is -2.34. The van der Waals surface area contributed by atoms with Gasteiger partial charge >= 0.3 is 0 Å². The van der Waals surface area contributed by atoms with E-state index in [1.165, 1.54) is 23.0 Å². The molecule has 4 heterocycles. The molecule has 3 aromatic rings. The Morgan fingerprint density at radius 2 is 2.15 bits per heavy atom. The number of pyridine rings is 1. The molecule has 10 heteroatoms. The number of fused-ring (bicyclic) bond motifs is 3. The van der Waals surface area contributed by atoms with Crippen molar-refractivity contribution in [3.8, 4) is 0 Å². The molecule has 2 N–H and O–H groups in total. The molecule has 2 bridgehead atoms. The smallest absolute Gasteiger partial charge is 0.266 e. The summed E-state index contributed by atoms with van der Waals surface area (Å²) in [7, 11) is 1.64. The number of aromatic nitrogens is 3. The number of benzene rings is 1. The van der Waals surface area contributed by atoms with Crippen molar-refractivity contribution in [1.29, 1.82) is 0 Å². The summed E-state index contributed by atoms with van der Waals surface area (Å²) >= 11 is 0. The van der Waals surface area contributed by atoms with Crippen LogP contribution < -0.4 is 16.2 Å². The molecular formula is C23H22F3N5O2. The van der Waals surface area contributed by atoms with Crippen LogP contribution in [0, 0.1) is 5.82 Å². The van der Waals surface area contributed by atoms with Crippen LogP contribution in [-0.4, -0.2) is 39.8 Å². The first-order chi connectivity index (χ1) is 15.9. The number of ether oxygens (including phenoxy) is 1. The van der Waals surface area contributed by atoms with Gasteiger partial charge in [-0.1, -0.05) is 24.3 Å². The third-order valence-electron chi connectivity index (χ3n) is 6.06. The predicted octanol–water partition coefficient (Wildman–Crippen LogP) is 3.16. The number of anilines is 1. The summed E-state index contributed by atoms with van der Waals surface area (Å²) < 4.78 is 47.9. The van der Waals surface area contributed by atoms with E-state index in [4.69, 9.17) is 4.74 Å². The Balaban J connectivity index is 1.53. The molecule has 0 radical (unpaired) electrons. The van der Waals surface area contributed by atoms with Crippen molar-refractivity contribution in [2.75, 3.05) is 18.4 Å². The van der Waals surface area contributed by atoms with E-state index in [0.29, 0.717) is 35.4 Å². The van der Waals surface area contributed by atoms with E-state index in [1.54, 1.807) is 13.1 Å². The van der Waals surface area contributed by atoms with Crippen molar-refractivity contribution in [3.63, 3.8) is 0 Å². The maximum Gasteiger partial charge on any atom is 0.266 e. The fraction of sp³-hybridized carbons (Fsp3) is 0.348. The van der Waals surface area contributed by atoms with Gasteiger partial charge in [-0.05, 0) is 11.6 Å². The van der Waals surface area contributed by atoms with Crippen molar-refractivity contribution in [2.24, 2.45) is 7.05 Å². The van der Waals surface area contributed by atoms with Gasteiger partial charge in [0, 0.05) is 44.2 Å². The van der Waals surface area contributed by atoms with Gasteiger partial charge in [0.1, 0.15) is 23.6 Å². The van der Waals surface area contributed by atoms with Crippen molar-refractivity contribution >= 4 is 22.4 Å². The van der Waals surface area contributed by atoms with Crippen LogP contribution in [-0.2, 0) is 18.3 Å². The molecule has 0 spiro atoms. The molecule has 0 aliphatic carbocycles. The van der Waals surface area contributed by atoms with Gasteiger partial charge in [0.2, 0.25) is 0 Å². The zero-order chi connectivity index (χ0) is 23.1. The van der Waals surface area contributed by atoms with Gasteiger partial charge in [-0.15, -0.1) is 0 Å². The fourth-order valence-electron chi connectivity index (χ4n) is 4.41. The van der Waals surface area contributed by atoms with E-state index in [2.05, 4.69) is 20.6 Å². The van der Waals surface area contributed by atoms with Gasteiger partial charge in [-0.25, -0.2) is 23.1 Å². The summed E-state index contributed by atoms with van der Waals surface area (Å²) in [6.07, 6.45) is 0.880. The fourth-order valence-corrected chi connectivity index (χ4v) is 4.41. The largest absolute Gasteiger partial charge is 0.368 e. The molecular weight excluding hydrogens is 435 g/mol. The minimum Gasteiger partial charge on any atom is -0.368 e. The van der Waals surface area contributed by atoms with Gasteiger partial charge < -0.3 is 15.4 Å². The minimum absolute atomic E-state index is 0.00106. The monoisotopic (exact) mass is 457 g/mol. The number of hydrogen-bond donors (Lipinski definition) is 2. The Morgan fingerprint density at radius 3 is 2.94 bits per heavy atom. The number of nitrogens with zero attached hydrogens (tertiary/aromatic N) is 3. The Kier molecular flexibility index (Phi) is 5.63. The number of alkyl halides is 2. The van der Waals surface area contributed by atoms with E-state index < -0.39 is 17.8 Å². The highest BCUT2D eigenvalue weighted by Crippen LogP contribution is 2.30. The van der Waals surface area contributed by atoms with E-state index in [-0.39, 0.29) is 29.9 Å². The molecule has 2 atom stereocenters. The first kappa shape index (κ1) is 21.6. The van der Waals surface area contributed by atoms with Crippen LogP contribution in [0.2, 0.25) is 0 Å². The lowest BCUT2D eigenvalue weighted by Crippen LogP contribution is -2.46. The van der Waals surface area contributed by atoms with Crippen LogP contribution in [0.1, 0.15) is 29.5 Å². The summed E-state index contributed by atoms with van der Waals surface area (Å²) in [5.41, 5.74) is 1.13. The Morgan fingerprint density at radius 1 is 1.30 bits per heavy atom. The number of rotatable bonds is 5. The third-order valence-corrected chi connectivity index (χ3v) is 6.06. The Bertz CT molecular complexity index is 1310. The molecule has 1 fully saturated rings. The summed E-state index contributed by atoms with van der Waals surface area (Å²) in [4.78, 5) is 21.6. The van der Waals surface area contributed by atoms with Crippen LogP contribution in [0.15, 0.2) is 41.5 Å². The quantitative estimate of drug-likeness (QED) is 0.613. The number of morpholine rings is 1. The molecule has 7 nitrogen and oxygen atoms in total. The second kappa shape index (κ2) is 8.60. The zero-order valence-corrected chi connectivity index (χ0v) is 17.8. The highest BCUT2D eigenvalue weighted by Gasteiger charge is 2.28. The van der Waals surface area contributed by atoms with Gasteiger partial charge in [0.25, 0.3) is 12.0 Å². The van der Waals surface area contributed by atoms with Crippen LogP contribution in [0.4, 0.5) is 19.0 Å². The van der Waals surface area contributed by atoms with Crippen LogP contribution in [0.5, 0.6) is 0 Å². The van der Waals surface area contributed by atoms with Crippen LogP contribution in [0.3, 0.4) is 0 Å². The average molecular weight is 457 g/mol. The normalized spacial score (nSPS) is 20.2. The number of aryl methyl sites for hydroxylation is 1. The Hall–Kier alpha value is -3.24. The van der Waals surface area contributed by atoms with Gasteiger partial charge in [0.15, 0.2) is 0 Å². The Labute approximate surface area is 187 Å². The lowest BCUT2D eigenvalue weighted by atomic mass is 9.94. The molecule has 5 rings (SSSR count). The van der Waals surface area contributed by atoms with Crippen molar-refractivity contribution < 1.29 is 17.9 Å². The van der Waals surface area contributed by atoms with Crippen molar-refractivity contribution in [3.05, 3.63) is 69.5 Å². The molecule has 172 valence electrons. The molecule has 2 aromatic heterocycles. The highest BCUT2D eigenvalue weighted by molar-refractivity contribution is 5.89. The molecule has 33 heavy (non-hydrogen) atoms. The molecule has 2 aliphatic rings. The average Bonchev–Trinajstić information content (AvgIpc) is 2.80. The second-order valence-corrected chi connectivity index (χ2v) is 8.21. The number of hydrogen-bond acceptors (Lipinski definition) is 6. The summed E-state index contributed by atoms with van der Waals surface area (Å²) in [5, 5.41) is 6.91. The molecule has 1 aromatic carbocycles. The number of nitrogens with one attached hydrogen (secondary N) is 2. The second-order valence-electron chi connectivity index (χ2n) is 8.21. The molecule has 2 unspecified atom stereocenters. The van der Waals surface area contributed by atoms with Crippen molar-refractivity contribution in [2.45, 2.75) is 31.6 Å². The van der Waals surface area contributed by atoms with E-state index in [0.717, 1.165) is 18.2 Å². The summed E-state index contributed by atoms with van der Waals surface area (Å²) in [5.74, 6) is -0.563. The van der Waals surface area contributed by atoms with Gasteiger partial charge in [-0.3, -0.25) is 9.36 Å². The third kappa shape index (κ3) is 4.00. The van der Waals surface area contributed by atoms with Crippen LogP contribution >= 0.6 is 0 Å². The molecule has 1 saturated heterocycles. The lowest BCUT2D eigenvalue weighted by molar-refractivity contribution is -0.0158. The maximum atomic E-state index is 14.5. The molecule has 0 amide bonds. The van der Waals surface area contributed by atoms with E-state index in [9.17, 15) is 18.0 Å². The predicted molar refractivity (Wildman–Crippen MR) is 118 cm³/mol.